The lowest BCUT2D eigenvalue weighted by Crippen LogP contribution is -2.36. The molecule has 0 N–H and O–H groups in total. The van der Waals surface area contributed by atoms with Crippen LogP contribution >= 0.6 is 0 Å². The Labute approximate surface area is 192 Å². The molecule has 180 valence electrons. The van der Waals surface area contributed by atoms with Crippen LogP contribution in [0.3, 0.4) is 0 Å². The number of nitrogens with zero attached hydrogens (tertiary/aromatic N) is 4. The van der Waals surface area contributed by atoms with Crippen molar-refractivity contribution in [3.05, 3.63) is 82.4 Å². The normalized spacial score (nSPS) is 15.8. The summed E-state index contributed by atoms with van der Waals surface area (Å²) < 4.78 is 81.7. The first-order chi connectivity index (χ1) is 16.1. The van der Waals surface area contributed by atoms with Crippen LogP contribution in [0, 0.1) is 5.82 Å². The molecular weight excluding hydrogens is 476 g/mol. The van der Waals surface area contributed by atoms with Gasteiger partial charge in [0.05, 0.1) is 16.1 Å². The van der Waals surface area contributed by atoms with Crippen LogP contribution in [-0.2, 0) is 16.2 Å². The average molecular weight is 496 g/mol. The van der Waals surface area contributed by atoms with Crippen LogP contribution in [0.5, 0.6) is 0 Å². The van der Waals surface area contributed by atoms with Crippen LogP contribution in [0.15, 0.2) is 70.4 Å². The number of benzene rings is 2. The third-order valence-electron chi connectivity index (χ3n) is 5.45. The van der Waals surface area contributed by atoms with E-state index in [2.05, 4.69) is 5.10 Å². The molecule has 0 amide bonds. The first-order valence-corrected chi connectivity index (χ1v) is 11.8. The Balaban J connectivity index is 1.58. The summed E-state index contributed by atoms with van der Waals surface area (Å²) in [6, 6.07) is 12.1. The molecule has 0 bridgehead atoms. The molecular formula is C22H20F4N4O3S. The second-order valence-electron chi connectivity index (χ2n) is 7.66. The largest absolute Gasteiger partial charge is 0.417 e. The Hall–Kier alpha value is -3.25. The van der Waals surface area contributed by atoms with Crippen molar-refractivity contribution in [2.75, 3.05) is 31.1 Å². The van der Waals surface area contributed by atoms with E-state index in [1.807, 2.05) is 0 Å². The maximum absolute atomic E-state index is 13.4. The highest BCUT2D eigenvalue weighted by atomic mass is 32.2. The molecule has 1 fully saturated rings. The first-order valence-electron chi connectivity index (χ1n) is 10.3. The van der Waals surface area contributed by atoms with Crippen LogP contribution in [-0.4, -0.2) is 48.7 Å². The van der Waals surface area contributed by atoms with Crippen LogP contribution in [0.1, 0.15) is 12.0 Å². The lowest BCUT2D eigenvalue weighted by Gasteiger charge is -2.24. The molecule has 1 aliphatic heterocycles. The van der Waals surface area contributed by atoms with Gasteiger partial charge in [0.2, 0.25) is 10.0 Å². The molecule has 1 aromatic heterocycles. The predicted octanol–water partition coefficient (Wildman–Crippen LogP) is 3.29. The summed E-state index contributed by atoms with van der Waals surface area (Å²) in [7, 11) is -4.39. The van der Waals surface area contributed by atoms with Crippen molar-refractivity contribution in [1.29, 1.82) is 0 Å². The fourth-order valence-electron chi connectivity index (χ4n) is 3.77. The minimum atomic E-state index is -4.81. The number of anilines is 1. The molecule has 0 aliphatic carbocycles. The van der Waals surface area contributed by atoms with Crippen molar-refractivity contribution in [2.45, 2.75) is 17.5 Å². The summed E-state index contributed by atoms with van der Waals surface area (Å²) in [5, 5.41) is 4.32. The quantitative estimate of drug-likeness (QED) is 0.519. The predicted molar refractivity (Wildman–Crippen MR) is 117 cm³/mol. The molecule has 4 rings (SSSR count). The van der Waals surface area contributed by atoms with Gasteiger partial charge in [-0.1, -0.05) is 12.1 Å². The smallest absolute Gasteiger partial charge is 0.354 e. The Morgan fingerprint density at radius 1 is 0.853 bits per heavy atom. The van der Waals surface area contributed by atoms with E-state index in [1.165, 1.54) is 42.5 Å². The summed E-state index contributed by atoms with van der Waals surface area (Å²) >= 11 is 0. The standard InChI is InChI=1S/C22H20F4N4O3S/c23-16-6-8-17(9-7-16)30-21(31)11-10-20(27-30)28-12-3-13-29(15-14-28)34(32,33)19-5-2-1-4-18(19)22(24,25)26/h1-2,4-11H,3,12-15H2. The van der Waals surface area contributed by atoms with Gasteiger partial charge in [-0.25, -0.2) is 12.8 Å². The average Bonchev–Trinajstić information content (AvgIpc) is 3.07. The van der Waals surface area contributed by atoms with E-state index in [9.17, 15) is 30.8 Å². The van der Waals surface area contributed by atoms with Gasteiger partial charge in [-0.3, -0.25) is 4.79 Å². The van der Waals surface area contributed by atoms with E-state index >= 15 is 0 Å². The highest BCUT2D eigenvalue weighted by Crippen LogP contribution is 2.35. The van der Waals surface area contributed by atoms with Crippen molar-refractivity contribution >= 4 is 15.8 Å². The molecule has 12 heteroatoms. The summed E-state index contributed by atoms with van der Waals surface area (Å²) in [5.74, 6) is -0.0762. The number of halogens is 4. The van der Waals surface area contributed by atoms with Gasteiger partial charge >= 0.3 is 6.18 Å². The van der Waals surface area contributed by atoms with Crippen molar-refractivity contribution in [1.82, 2.24) is 14.1 Å². The third kappa shape index (κ3) is 4.82. The van der Waals surface area contributed by atoms with Crippen molar-refractivity contribution in [3.63, 3.8) is 0 Å². The lowest BCUT2D eigenvalue weighted by molar-refractivity contribution is -0.139. The monoisotopic (exact) mass is 496 g/mol. The van der Waals surface area contributed by atoms with Crippen molar-refractivity contribution < 1.29 is 26.0 Å². The summed E-state index contributed by atoms with van der Waals surface area (Å²) in [6.45, 7) is 0.498. The van der Waals surface area contributed by atoms with Gasteiger partial charge in [-0.15, -0.1) is 5.10 Å². The Morgan fingerprint density at radius 3 is 2.26 bits per heavy atom. The minimum absolute atomic E-state index is 0.0304. The van der Waals surface area contributed by atoms with E-state index in [1.54, 1.807) is 4.90 Å². The molecule has 34 heavy (non-hydrogen) atoms. The number of rotatable bonds is 4. The Bertz CT molecular complexity index is 1340. The van der Waals surface area contributed by atoms with Crippen molar-refractivity contribution in [3.8, 4) is 5.69 Å². The van der Waals surface area contributed by atoms with Crippen LogP contribution < -0.4 is 10.5 Å². The molecule has 0 spiro atoms. The van der Waals surface area contributed by atoms with E-state index in [4.69, 9.17) is 0 Å². The highest BCUT2D eigenvalue weighted by Gasteiger charge is 2.39. The second kappa shape index (κ2) is 9.18. The first kappa shape index (κ1) is 23.9. The molecule has 1 aliphatic rings. The van der Waals surface area contributed by atoms with Gasteiger partial charge in [0, 0.05) is 32.2 Å². The Kier molecular flexibility index (Phi) is 6.45. The van der Waals surface area contributed by atoms with Gasteiger partial charge in [0.15, 0.2) is 0 Å². The van der Waals surface area contributed by atoms with Gasteiger partial charge in [0.25, 0.3) is 5.56 Å². The molecule has 7 nitrogen and oxygen atoms in total. The van der Waals surface area contributed by atoms with Crippen molar-refractivity contribution in [2.24, 2.45) is 0 Å². The zero-order valence-electron chi connectivity index (χ0n) is 17.7. The highest BCUT2D eigenvalue weighted by molar-refractivity contribution is 7.89. The summed E-state index contributed by atoms with van der Waals surface area (Å²) in [5.41, 5.74) is -1.28. The number of aromatic nitrogens is 2. The van der Waals surface area contributed by atoms with E-state index in [-0.39, 0.29) is 19.6 Å². The summed E-state index contributed by atoms with van der Waals surface area (Å²) in [6.07, 6.45) is -4.47. The molecule has 0 unspecified atom stereocenters. The molecule has 1 saturated heterocycles. The van der Waals surface area contributed by atoms with Gasteiger partial charge in [-0.2, -0.15) is 22.2 Å². The molecule has 2 aromatic carbocycles. The molecule has 0 atom stereocenters. The van der Waals surface area contributed by atoms with Crippen LogP contribution in [0.4, 0.5) is 23.4 Å². The maximum atomic E-state index is 13.4. The minimum Gasteiger partial charge on any atom is -0.354 e. The number of hydrogen-bond acceptors (Lipinski definition) is 5. The second-order valence-corrected chi connectivity index (χ2v) is 9.56. The molecule has 0 radical (unpaired) electrons. The maximum Gasteiger partial charge on any atom is 0.417 e. The number of hydrogen-bond donors (Lipinski definition) is 0. The molecule has 0 saturated carbocycles. The molecule has 3 aromatic rings. The van der Waals surface area contributed by atoms with E-state index in [0.29, 0.717) is 24.5 Å². The SMILES string of the molecule is O=c1ccc(N2CCCN(S(=O)(=O)c3ccccc3C(F)(F)F)CC2)nn1-c1ccc(F)cc1. The van der Waals surface area contributed by atoms with Gasteiger partial charge in [0.1, 0.15) is 11.6 Å². The van der Waals surface area contributed by atoms with Crippen LogP contribution in [0.25, 0.3) is 5.69 Å². The Morgan fingerprint density at radius 2 is 1.56 bits per heavy atom. The van der Waals surface area contributed by atoms with E-state index in [0.717, 1.165) is 27.2 Å². The van der Waals surface area contributed by atoms with E-state index < -0.39 is 38.0 Å². The number of alkyl halides is 3. The van der Waals surface area contributed by atoms with Gasteiger partial charge in [-0.05, 0) is 48.9 Å². The fourth-order valence-corrected chi connectivity index (χ4v) is 5.45. The summed E-state index contributed by atoms with van der Waals surface area (Å²) in [4.78, 5) is 13.2. The number of sulfonamides is 1. The third-order valence-corrected chi connectivity index (χ3v) is 7.40. The lowest BCUT2D eigenvalue weighted by atomic mass is 10.2. The van der Waals surface area contributed by atoms with Crippen LogP contribution in [0.2, 0.25) is 0 Å². The topological polar surface area (TPSA) is 75.5 Å². The van der Waals surface area contributed by atoms with Gasteiger partial charge < -0.3 is 4.90 Å². The zero-order chi connectivity index (χ0) is 24.5. The zero-order valence-corrected chi connectivity index (χ0v) is 18.6. The fraction of sp³-hybridized carbons (Fsp3) is 0.273. The molecule has 2 heterocycles.